The molecule has 6 heteroatoms. The lowest BCUT2D eigenvalue weighted by Gasteiger charge is -2.26. The molecular weight excluding hydrogens is 512 g/mol. The van der Waals surface area contributed by atoms with Crippen molar-refractivity contribution in [2.75, 3.05) is 0 Å². The van der Waals surface area contributed by atoms with E-state index in [9.17, 15) is 9.59 Å². The van der Waals surface area contributed by atoms with Gasteiger partial charge >= 0.3 is 11.9 Å². The quantitative estimate of drug-likeness (QED) is 0.200. The Kier molecular flexibility index (Phi) is 6.44. The maximum Gasteiger partial charge on any atom is 0.303 e. The van der Waals surface area contributed by atoms with E-state index in [2.05, 4.69) is 35.0 Å². The van der Waals surface area contributed by atoms with E-state index in [1.165, 1.54) is 13.8 Å². The Morgan fingerprint density at radius 3 is 1.39 bits per heavy atom. The molecule has 0 aliphatic rings. The van der Waals surface area contributed by atoms with Crippen molar-refractivity contribution in [3.05, 3.63) is 118 Å². The molecular formula is C32H24O4S2. The summed E-state index contributed by atoms with van der Waals surface area (Å²) in [6.07, 6.45) is -1.35. The zero-order valence-corrected chi connectivity index (χ0v) is 22.5. The number of ether oxygens (including phenoxy) is 2. The third-order valence-electron chi connectivity index (χ3n) is 6.67. The van der Waals surface area contributed by atoms with E-state index in [4.69, 9.17) is 9.47 Å². The lowest BCUT2D eigenvalue weighted by Crippen LogP contribution is -2.17. The van der Waals surface area contributed by atoms with Crippen molar-refractivity contribution >= 4 is 65.6 Å². The minimum Gasteiger partial charge on any atom is -0.453 e. The van der Waals surface area contributed by atoms with Crippen molar-refractivity contribution in [1.82, 2.24) is 0 Å². The Bertz CT molecular complexity index is 1680. The average molecular weight is 537 g/mol. The highest BCUT2D eigenvalue weighted by Crippen LogP contribution is 2.44. The van der Waals surface area contributed by atoms with E-state index < -0.39 is 12.2 Å². The van der Waals surface area contributed by atoms with Gasteiger partial charge in [-0.05, 0) is 56.6 Å². The summed E-state index contributed by atoms with van der Waals surface area (Å²) in [5, 5.41) is 8.20. The molecule has 0 aliphatic heterocycles. The van der Waals surface area contributed by atoms with Crippen LogP contribution >= 0.6 is 22.7 Å². The third-order valence-corrected chi connectivity index (χ3v) is 8.63. The van der Waals surface area contributed by atoms with Gasteiger partial charge in [-0.2, -0.15) is 0 Å². The summed E-state index contributed by atoms with van der Waals surface area (Å²) >= 11 is 3.23. The molecule has 0 radical (unpaired) electrons. The molecule has 0 amide bonds. The monoisotopic (exact) mass is 536 g/mol. The molecule has 0 bridgehead atoms. The summed E-state index contributed by atoms with van der Waals surface area (Å²) in [4.78, 5) is 25.0. The third kappa shape index (κ3) is 4.46. The number of benzene rings is 4. The normalized spacial score (nSPS) is 13.0. The molecule has 6 rings (SSSR count). The van der Waals surface area contributed by atoms with E-state index in [1.54, 1.807) is 22.7 Å². The van der Waals surface area contributed by atoms with Crippen LogP contribution in [0.2, 0.25) is 0 Å². The standard InChI is InChI=1S/C32H24O4S2/c1-19(33)35-31(27-17-37-29-13-7-5-11-23(27)29)25-15-21-9-3-4-10-22(21)16-26(25)32(36-20(2)34)28-18-38-30-14-8-6-12-24(28)30/h3-18,31-32H,1-2H3. The smallest absolute Gasteiger partial charge is 0.303 e. The topological polar surface area (TPSA) is 52.6 Å². The number of carbonyl (C=O) groups excluding carboxylic acids is 2. The van der Waals surface area contributed by atoms with Crippen LogP contribution in [0.5, 0.6) is 0 Å². The van der Waals surface area contributed by atoms with Crippen molar-refractivity contribution in [2.24, 2.45) is 0 Å². The fraction of sp³-hybridized carbons (Fsp3) is 0.125. The van der Waals surface area contributed by atoms with Crippen LogP contribution in [-0.2, 0) is 19.1 Å². The maximum absolute atomic E-state index is 12.5. The molecule has 0 fully saturated rings. The van der Waals surface area contributed by atoms with E-state index in [0.29, 0.717) is 0 Å². The molecule has 6 aromatic rings. The maximum atomic E-state index is 12.5. The first-order valence-electron chi connectivity index (χ1n) is 12.3. The second kappa shape index (κ2) is 10.0. The molecule has 4 aromatic carbocycles. The second-order valence-electron chi connectivity index (χ2n) is 9.18. The molecule has 0 aliphatic carbocycles. The molecule has 2 atom stereocenters. The summed E-state index contributed by atoms with van der Waals surface area (Å²) < 4.78 is 14.4. The van der Waals surface area contributed by atoms with Gasteiger partial charge < -0.3 is 9.47 Å². The van der Waals surface area contributed by atoms with Crippen LogP contribution in [0.1, 0.15) is 48.3 Å². The number of rotatable bonds is 6. The number of carbonyl (C=O) groups is 2. The zero-order chi connectivity index (χ0) is 26.2. The van der Waals surface area contributed by atoms with Crippen molar-refractivity contribution in [3.63, 3.8) is 0 Å². The predicted octanol–water partition coefficient (Wildman–Crippen LogP) is 8.57. The van der Waals surface area contributed by atoms with Crippen molar-refractivity contribution in [2.45, 2.75) is 26.1 Å². The van der Waals surface area contributed by atoms with E-state index >= 15 is 0 Å². The van der Waals surface area contributed by atoms with Gasteiger partial charge in [0, 0.05) is 45.5 Å². The van der Waals surface area contributed by atoms with Crippen molar-refractivity contribution in [1.29, 1.82) is 0 Å². The van der Waals surface area contributed by atoms with Crippen LogP contribution in [0.3, 0.4) is 0 Å². The molecule has 0 saturated heterocycles. The Labute approximate surface area is 228 Å². The molecule has 2 heterocycles. The lowest BCUT2D eigenvalue weighted by atomic mass is 9.88. The van der Waals surface area contributed by atoms with E-state index in [1.807, 2.05) is 60.7 Å². The molecule has 38 heavy (non-hydrogen) atoms. The number of thiophene rings is 2. The first-order chi connectivity index (χ1) is 18.5. The van der Waals surface area contributed by atoms with Crippen LogP contribution in [0.25, 0.3) is 30.9 Å². The highest BCUT2D eigenvalue weighted by Gasteiger charge is 2.30. The van der Waals surface area contributed by atoms with Gasteiger partial charge in [0.05, 0.1) is 0 Å². The Hall–Kier alpha value is -4.00. The van der Waals surface area contributed by atoms with Crippen LogP contribution in [-0.4, -0.2) is 11.9 Å². The number of hydrogen-bond acceptors (Lipinski definition) is 6. The molecule has 0 spiro atoms. The van der Waals surface area contributed by atoms with Crippen molar-refractivity contribution in [3.8, 4) is 0 Å². The highest BCUT2D eigenvalue weighted by atomic mass is 32.1. The van der Waals surface area contributed by atoms with Crippen LogP contribution < -0.4 is 0 Å². The first kappa shape index (κ1) is 24.3. The summed E-state index contributed by atoms with van der Waals surface area (Å²) in [6.45, 7) is 2.86. The zero-order valence-electron chi connectivity index (χ0n) is 20.8. The van der Waals surface area contributed by atoms with Gasteiger partial charge in [0.1, 0.15) is 0 Å². The van der Waals surface area contributed by atoms with Crippen LogP contribution in [0, 0.1) is 0 Å². The Morgan fingerprint density at radius 1 is 0.579 bits per heavy atom. The molecule has 2 aromatic heterocycles. The number of fused-ring (bicyclic) bond motifs is 3. The minimum absolute atomic E-state index is 0.380. The fourth-order valence-electron chi connectivity index (χ4n) is 5.05. The molecule has 0 saturated carbocycles. The van der Waals surface area contributed by atoms with E-state index in [0.717, 1.165) is 53.2 Å². The molecule has 188 valence electrons. The van der Waals surface area contributed by atoms with Gasteiger partial charge in [-0.1, -0.05) is 60.7 Å². The Morgan fingerprint density at radius 2 is 0.974 bits per heavy atom. The summed E-state index contributed by atoms with van der Waals surface area (Å²) in [6, 6.07) is 28.4. The SMILES string of the molecule is CC(=O)OC(c1cc2ccccc2cc1C(OC(C)=O)c1csc2ccccc12)c1csc2ccccc12. The fourth-order valence-corrected chi connectivity index (χ4v) is 7.00. The predicted molar refractivity (Wildman–Crippen MR) is 155 cm³/mol. The number of hydrogen-bond donors (Lipinski definition) is 0. The van der Waals surface area contributed by atoms with E-state index in [-0.39, 0.29) is 11.9 Å². The highest BCUT2D eigenvalue weighted by molar-refractivity contribution is 7.17. The largest absolute Gasteiger partial charge is 0.453 e. The van der Waals surface area contributed by atoms with Gasteiger partial charge in [-0.25, -0.2) is 0 Å². The van der Waals surface area contributed by atoms with Crippen LogP contribution in [0.15, 0.2) is 95.7 Å². The van der Waals surface area contributed by atoms with Gasteiger partial charge in [0.2, 0.25) is 0 Å². The Balaban J connectivity index is 1.64. The molecule has 2 unspecified atom stereocenters. The van der Waals surface area contributed by atoms with Crippen molar-refractivity contribution < 1.29 is 19.1 Å². The number of esters is 2. The molecule has 0 N–H and O–H groups in total. The molecule has 4 nitrogen and oxygen atoms in total. The minimum atomic E-state index is -0.675. The summed E-state index contributed by atoms with van der Waals surface area (Å²) in [7, 11) is 0. The summed E-state index contributed by atoms with van der Waals surface area (Å²) in [5.74, 6) is -0.760. The average Bonchev–Trinajstić information content (AvgIpc) is 3.54. The first-order valence-corrected chi connectivity index (χ1v) is 14.0. The van der Waals surface area contributed by atoms with Gasteiger partial charge in [0.15, 0.2) is 12.2 Å². The second-order valence-corrected chi connectivity index (χ2v) is 11.0. The lowest BCUT2D eigenvalue weighted by molar-refractivity contribution is -0.146. The van der Waals surface area contributed by atoms with Crippen LogP contribution in [0.4, 0.5) is 0 Å². The van der Waals surface area contributed by atoms with Gasteiger partial charge in [-0.15, -0.1) is 22.7 Å². The van der Waals surface area contributed by atoms with Gasteiger partial charge in [0.25, 0.3) is 0 Å². The van der Waals surface area contributed by atoms with Gasteiger partial charge in [-0.3, -0.25) is 9.59 Å². The summed E-state index contributed by atoms with van der Waals surface area (Å²) in [5.41, 5.74) is 3.41.